The van der Waals surface area contributed by atoms with Gasteiger partial charge in [-0.15, -0.1) is 0 Å². The maximum atomic E-state index is 7.21. The highest BCUT2D eigenvalue weighted by Crippen LogP contribution is 2.61. The number of fused-ring (bicyclic) bond motifs is 10. The molecule has 4 heteroatoms. The molecule has 1 aromatic heterocycles. The Balaban J connectivity index is 1.22. The van der Waals surface area contributed by atoms with Gasteiger partial charge in [-0.05, 0) is 96.6 Å². The van der Waals surface area contributed by atoms with E-state index in [9.17, 15) is 0 Å². The molecular weight excluding hydrogens is 812 g/mol. The first-order valence-electron chi connectivity index (χ1n) is 23.8. The summed E-state index contributed by atoms with van der Waals surface area (Å²) in [6.45, 7) is 13.8. The highest BCUT2D eigenvalue weighted by Gasteiger charge is 2.54. The Labute approximate surface area is 394 Å². The molecule has 0 saturated carbocycles. The van der Waals surface area contributed by atoms with E-state index in [2.05, 4.69) is 251 Å². The van der Waals surface area contributed by atoms with Crippen LogP contribution in [0.3, 0.4) is 0 Å². The van der Waals surface area contributed by atoms with Crippen LogP contribution < -0.4 is 20.6 Å². The second-order valence-electron chi connectivity index (χ2n) is 20.8. The molecule has 4 heterocycles. The van der Waals surface area contributed by atoms with Crippen molar-refractivity contribution in [2.45, 2.75) is 57.8 Å². The van der Waals surface area contributed by atoms with Gasteiger partial charge in [-0.1, -0.05) is 211 Å². The minimum Gasteiger partial charge on any atom is -0.454 e. The van der Waals surface area contributed by atoms with Crippen LogP contribution in [-0.4, -0.2) is 6.85 Å². The maximum absolute atomic E-state index is 7.21. The van der Waals surface area contributed by atoms with E-state index in [-0.39, 0.29) is 17.7 Å². The molecule has 10 aromatic rings. The fourth-order valence-electron chi connectivity index (χ4n) is 11.9. The molecule has 3 aliphatic heterocycles. The summed E-state index contributed by atoms with van der Waals surface area (Å²) in [5.74, 6) is 0. The molecule has 0 spiro atoms. The number of furan rings is 1. The van der Waals surface area contributed by atoms with Gasteiger partial charge >= 0.3 is 6.85 Å². The first-order chi connectivity index (χ1) is 32.5. The number of para-hydroxylation sites is 3. The summed E-state index contributed by atoms with van der Waals surface area (Å²) in [4.78, 5) is 5.29. The zero-order valence-electron chi connectivity index (χ0n) is 38.9. The lowest BCUT2D eigenvalue weighted by molar-refractivity contribution is 0.590. The van der Waals surface area contributed by atoms with E-state index in [1.165, 1.54) is 83.6 Å². The van der Waals surface area contributed by atoms with Gasteiger partial charge in [0.1, 0.15) is 5.58 Å². The van der Waals surface area contributed by atoms with Crippen molar-refractivity contribution in [3.05, 3.63) is 234 Å². The molecule has 0 fully saturated rings. The molecule has 0 unspecified atom stereocenters. The lowest BCUT2D eigenvalue weighted by Crippen LogP contribution is -2.63. The van der Waals surface area contributed by atoms with Gasteiger partial charge in [-0.25, -0.2) is 0 Å². The molecular formula is C63H51BN2O. The number of hydrogen-bond acceptors (Lipinski definition) is 3. The molecule has 0 radical (unpaired) electrons. The zero-order valence-corrected chi connectivity index (χ0v) is 38.9. The average Bonchev–Trinajstić information content (AvgIpc) is 3.74. The van der Waals surface area contributed by atoms with E-state index in [1.807, 2.05) is 0 Å². The maximum Gasteiger partial charge on any atom is 0.333 e. The normalized spacial score (nSPS) is 14.4. The third kappa shape index (κ3) is 5.59. The number of nitrogens with zero attached hydrogens (tertiary/aromatic N) is 2. The van der Waals surface area contributed by atoms with E-state index in [0.29, 0.717) is 0 Å². The second kappa shape index (κ2) is 14.2. The fraction of sp³-hybridized carbons (Fsp3) is 0.143. The molecule has 0 aliphatic carbocycles. The van der Waals surface area contributed by atoms with Crippen LogP contribution in [0.1, 0.15) is 74.9 Å². The second-order valence-corrected chi connectivity index (χ2v) is 20.8. The van der Waals surface area contributed by atoms with Gasteiger partial charge in [0.05, 0.1) is 16.8 Å². The van der Waals surface area contributed by atoms with Gasteiger partial charge in [0.15, 0.2) is 5.58 Å². The highest BCUT2D eigenvalue weighted by atomic mass is 16.3. The van der Waals surface area contributed by atoms with Crippen molar-refractivity contribution in [3.63, 3.8) is 0 Å². The molecule has 3 aliphatic rings. The van der Waals surface area contributed by atoms with Gasteiger partial charge in [0.2, 0.25) is 0 Å². The van der Waals surface area contributed by atoms with Crippen molar-refractivity contribution in [1.82, 2.24) is 0 Å². The standard InChI is InChI=1S/C63H51BN2O/c1-61(2,3)43-33-36-53(48(37-43)40-21-10-7-11-22-40)65-55-39-44(62(4,5)6)38-49-46-28-20-30-51-58(46)66(64(57(49)55)52-35-34-47-45-27-16-19-32-56(45)67-60(47)59(52)65)54-31-18-17-29-50(54)63(51,41-23-12-8-13-24-41)42-25-14-9-15-26-42/h7-39H,1-6H3. The largest absolute Gasteiger partial charge is 0.454 e. The van der Waals surface area contributed by atoms with Crippen LogP contribution in [-0.2, 0) is 16.2 Å². The zero-order chi connectivity index (χ0) is 45.4. The topological polar surface area (TPSA) is 19.6 Å². The third-order valence-corrected chi connectivity index (χ3v) is 15.0. The SMILES string of the molecule is CC(C)(C)c1ccc(N2c3cc(C(C)(C)C)cc4c3B(c3ccc5c(oc6ccccc65)c32)N2c3ccccc3C(c3ccccc3)(c3ccccc3)c3cccc-4c32)c(-c2ccccc2)c1. The van der Waals surface area contributed by atoms with E-state index in [1.54, 1.807) is 0 Å². The van der Waals surface area contributed by atoms with Crippen LogP contribution >= 0.6 is 0 Å². The first kappa shape index (κ1) is 39.8. The Morgan fingerprint density at radius 3 is 1.79 bits per heavy atom. The summed E-state index contributed by atoms with van der Waals surface area (Å²) in [6.07, 6.45) is 0. The van der Waals surface area contributed by atoms with Gasteiger partial charge in [-0.3, -0.25) is 0 Å². The van der Waals surface area contributed by atoms with E-state index < -0.39 is 5.41 Å². The summed E-state index contributed by atoms with van der Waals surface area (Å²) < 4.78 is 7.21. The van der Waals surface area contributed by atoms with Crippen molar-refractivity contribution >= 4 is 68.1 Å². The molecule has 3 nitrogen and oxygen atoms in total. The Bertz CT molecular complexity index is 3580. The van der Waals surface area contributed by atoms with Gasteiger partial charge in [0.25, 0.3) is 0 Å². The molecule has 67 heavy (non-hydrogen) atoms. The van der Waals surface area contributed by atoms with Crippen molar-refractivity contribution in [3.8, 4) is 22.3 Å². The summed E-state index contributed by atoms with van der Waals surface area (Å²) in [5.41, 5.74) is 21.9. The molecule has 13 rings (SSSR count). The Hall–Kier alpha value is -7.56. The number of hydrogen-bond donors (Lipinski definition) is 0. The monoisotopic (exact) mass is 862 g/mol. The van der Waals surface area contributed by atoms with Crippen molar-refractivity contribution in [2.24, 2.45) is 0 Å². The van der Waals surface area contributed by atoms with Crippen LogP contribution in [0.2, 0.25) is 0 Å². The molecule has 0 bridgehead atoms. The fourth-order valence-corrected chi connectivity index (χ4v) is 11.9. The Morgan fingerprint density at radius 2 is 1.07 bits per heavy atom. The quantitative estimate of drug-likeness (QED) is 0.164. The van der Waals surface area contributed by atoms with Crippen molar-refractivity contribution in [2.75, 3.05) is 9.71 Å². The van der Waals surface area contributed by atoms with E-state index in [0.717, 1.165) is 33.3 Å². The summed E-state index contributed by atoms with van der Waals surface area (Å²) in [5, 5.41) is 2.24. The first-order valence-corrected chi connectivity index (χ1v) is 23.8. The third-order valence-electron chi connectivity index (χ3n) is 15.0. The lowest BCUT2D eigenvalue weighted by atomic mass is 9.42. The van der Waals surface area contributed by atoms with E-state index >= 15 is 0 Å². The van der Waals surface area contributed by atoms with Crippen molar-refractivity contribution < 1.29 is 4.42 Å². The molecule has 322 valence electrons. The van der Waals surface area contributed by atoms with Crippen LogP contribution in [0.15, 0.2) is 205 Å². The number of rotatable bonds is 4. The van der Waals surface area contributed by atoms with Crippen LogP contribution in [0.5, 0.6) is 0 Å². The van der Waals surface area contributed by atoms with Gasteiger partial charge in [-0.2, -0.15) is 0 Å². The molecule has 0 saturated heterocycles. The molecule has 9 aromatic carbocycles. The molecule has 0 N–H and O–H groups in total. The summed E-state index contributed by atoms with van der Waals surface area (Å²) in [7, 11) is 0. The van der Waals surface area contributed by atoms with Gasteiger partial charge in [0, 0.05) is 39.0 Å². The van der Waals surface area contributed by atoms with Crippen LogP contribution in [0, 0.1) is 0 Å². The predicted octanol–water partition coefficient (Wildman–Crippen LogP) is 15.3. The van der Waals surface area contributed by atoms with Gasteiger partial charge < -0.3 is 14.1 Å². The molecule has 0 amide bonds. The van der Waals surface area contributed by atoms with Crippen LogP contribution in [0.25, 0.3) is 44.2 Å². The van der Waals surface area contributed by atoms with Crippen molar-refractivity contribution in [1.29, 1.82) is 0 Å². The minimum absolute atomic E-state index is 0.0535. The predicted molar refractivity (Wildman–Crippen MR) is 282 cm³/mol. The minimum atomic E-state index is -0.589. The van der Waals surface area contributed by atoms with E-state index in [4.69, 9.17) is 4.42 Å². The smallest absolute Gasteiger partial charge is 0.333 e. The summed E-state index contributed by atoms with van der Waals surface area (Å²) in [6, 6.07) is 75.1. The lowest BCUT2D eigenvalue weighted by Gasteiger charge is -2.53. The Morgan fingerprint density at radius 1 is 0.448 bits per heavy atom. The Kier molecular flexibility index (Phi) is 8.45. The highest BCUT2D eigenvalue weighted by molar-refractivity contribution is 6.94. The number of benzene rings is 9. The van der Waals surface area contributed by atoms with Crippen LogP contribution in [0.4, 0.5) is 28.4 Å². The summed E-state index contributed by atoms with van der Waals surface area (Å²) >= 11 is 0. The average molecular weight is 863 g/mol. The molecule has 0 atom stereocenters. The number of anilines is 5.